The fraction of sp³-hybridized carbons (Fsp3) is 0.333. The van der Waals surface area contributed by atoms with Crippen LogP contribution in [-0.2, 0) is 9.47 Å². The molecule has 2 nitrogen and oxygen atoms in total. The Labute approximate surface area is 48.4 Å². The molecule has 0 aliphatic carbocycles. The van der Waals surface area contributed by atoms with Gasteiger partial charge in [-0.05, 0) is 20.4 Å². The quantitative estimate of drug-likeness (QED) is 0.475. The predicted octanol–water partition coefficient (Wildman–Crippen LogP) is 1.76. The molecule has 44 valence electrons. The molecule has 0 saturated carbocycles. The molecule has 2 heteroatoms. The van der Waals surface area contributed by atoms with E-state index in [1.165, 1.54) is 0 Å². The van der Waals surface area contributed by atoms with E-state index in [1.54, 1.807) is 0 Å². The second-order valence-corrected chi connectivity index (χ2v) is 1.69. The van der Waals surface area contributed by atoms with Crippen LogP contribution in [0.25, 0.3) is 0 Å². The molecule has 1 rings (SSSR count). The molecule has 0 fully saturated rings. The maximum absolute atomic E-state index is 4.94. The lowest BCUT2D eigenvalue weighted by atomic mass is 10.5. The first-order valence-corrected chi connectivity index (χ1v) is 2.42. The molecule has 0 amide bonds. The minimum absolute atomic E-state index is 0.375. The van der Waals surface area contributed by atoms with Gasteiger partial charge in [0.15, 0.2) is 0 Å². The SMILES string of the molecule is C=C1OC(C)=C(C)O1. The molecule has 0 atom stereocenters. The van der Waals surface area contributed by atoms with Gasteiger partial charge in [-0.15, -0.1) is 0 Å². The van der Waals surface area contributed by atoms with Crippen molar-refractivity contribution in [2.75, 3.05) is 0 Å². The first-order valence-electron chi connectivity index (χ1n) is 2.42. The van der Waals surface area contributed by atoms with E-state index in [0.717, 1.165) is 11.5 Å². The number of rotatable bonds is 0. The molecule has 0 radical (unpaired) electrons. The van der Waals surface area contributed by atoms with Crippen molar-refractivity contribution < 1.29 is 9.47 Å². The Morgan fingerprint density at radius 3 is 1.62 bits per heavy atom. The highest BCUT2D eigenvalue weighted by molar-refractivity contribution is 5.05. The third kappa shape index (κ3) is 0.689. The molecule has 0 aromatic heterocycles. The summed E-state index contributed by atoms with van der Waals surface area (Å²) < 4.78 is 9.87. The topological polar surface area (TPSA) is 18.5 Å². The molecule has 0 aromatic carbocycles. The molecule has 0 spiro atoms. The fourth-order valence-electron chi connectivity index (χ4n) is 0.506. The molecule has 8 heavy (non-hydrogen) atoms. The summed E-state index contributed by atoms with van der Waals surface area (Å²) in [5, 5.41) is 0. The minimum Gasteiger partial charge on any atom is -0.428 e. The highest BCUT2D eigenvalue weighted by Crippen LogP contribution is 2.21. The molecule has 0 bridgehead atoms. The second kappa shape index (κ2) is 1.54. The Bertz CT molecular complexity index is 140. The summed E-state index contributed by atoms with van der Waals surface area (Å²) in [5.74, 6) is 1.98. The van der Waals surface area contributed by atoms with E-state index < -0.39 is 0 Å². The highest BCUT2D eigenvalue weighted by atomic mass is 16.7. The van der Waals surface area contributed by atoms with E-state index in [2.05, 4.69) is 6.58 Å². The summed E-state index contributed by atoms with van der Waals surface area (Å²) in [6.45, 7) is 7.15. The van der Waals surface area contributed by atoms with Gasteiger partial charge >= 0.3 is 0 Å². The first kappa shape index (κ1) is 5.22. The van der Waals surface area contributed by atoms with Crippen molar-refractivity contribution in [2.24, 2.45) is 0 Å². The number of allylic oxidation sites excluding steroid dienone is 2. The van der Waals surface area contributed by atoms with Gasteiger partial charge in [0.05, 0.1) is 0 Å². The van der Waals surface area contributed by atoms with Crippen LogP contribution in [0, 0.1) is 0 Å². The van der Waals surface area contributed by atoms with Crippen molar-refractivity contribution in [2.45, 2.75) is 13.8 Å². The van der Waals surface area contributed by atoms with Crippen molar-refractivity contribution in [3.8, 4) is 0 Å². The molecule has 0 N–H and O–H groups in total. The van der Waals surface area contributed by atoms with E-state index in [0.29, 0.717) is 5.95 Å². The molecule has 0 aromatic rings. The van der Waals surface area contributed by atoms with Crippen molar-refractivity contribution >= 4 is 0 Å². The normalized spacial score (nSPS) is 18.5. The van der Waals surface area contributed by atoms with Crippen LogP contribution in [0.4, 0.5) is 0 Å². The van der Waals surface area contributed by atoms with Crippen LogP contribution >= 0.6 is 0 Å². The van der Waals surface area contributed by atoms with E-state index in [-0.39, 0.29) is 0 Å². The van der Waals surface area contributed by atoms with Crippen molar-refractivity contribution in [3.63, 3.8) is 0 Å². The zero-order chi connectivity index (χ0) is 6.15. The monoisotopic (exact) mass is 112 g/mol. The smallest absolute Gasteiger partial charge is 0.282 e. The van der Waals surface area contributed by atoms with Crippen molar-refractivity contribution in [3.05, 3.63) is 24.0 Å². The van der Waals surface area contributed by atoms with Crippen LogP contribution in [-0.4, -0.2) is 0 Å². The van der Waals surface area contributed by atoms with E-state index in [1.807, 2.05) is 13.8 Å². The fourth-order valence-corrected chi connectivity index (χ4v) is 0.506. The van der Waals surface area contributed by atoms with Gasteiger partial charge in [-0.1, -0.05) is 0 Å². The summed E-state index contributed by atoms with van der Waals surface area (Å²) in [5.41, 5.74) is 0. The number of ether oxygens (including phenoxy) is 2. The van der Waals surface area contributed by atoms with Crippen molar-refractivity contribution in [1.29, 1.82) is 0 Å². The van der Waals surface area contributed by atoms with E-state index >= 15 is 0 Å². The van der Waals surface area contributed by atoms with Gasteiger partial charge in [-0.25, -0.2) is 0 Å². The van der Waals surface area contributed by atoms with Crippen molar-refractivity contribution in [1.82, 2.24) is 0 Å². The summed E-state index contributed by atoms with van der Waals surface area (Å²) in [7, 11) is 0. The Hall–Kier alpha value is -0.920. The van der Waals surface area contributed by atoms with Crippen LogP contribution in [0.5, 0.6) is 0 Å². The summed E-state index contributed by atoms with van der Waals surface area (Å²) in [6, 6.07) is 0. The Morgan fingerprint density at radius 1 is 1.12 bits per heavy atom. The maximum Gasteiger partial charge on any atom is 0.282 e. The maximum atomic E-state index is 4.94. The standard InChI is InChI=1S/C6H8O2/c1-4-5(2)8-6(3)7-4/h3H2,1-2H3. The summed E-state index contributed by atoms with van der Waals surface area (Å²) >= 11 is 0. The number of hydrogen-bond donors (Lipinski definition) is 0. The van der Waals surface area contributed by atoms with Gasteiger partial charge in [-0.2, -0.15) is 0 Å². The van der Waals surface area contributed by atoms with Crippen LogP contribution in [0.15, 0.2) is 24.0 Å². The third-order valence-corrected chi connectivity index (χ3v) is 1.03. The molecular formula is C6H8O2. The van der Waals surface area contributed by atoms with Crippen LogP contribution < -0.4 is 0 Å². The Morgan fingerprint density at radius 2 is 1.50 bits per heavy atom. The molecule has 1 aliphatic heterocycles. The minimum atomic E-state index is 0.375. The average Bonchev–Trinajstić information content (AvgIpc) is 1.85. The molecule has 0 unspecified atom stereocenters. The lowest BCUT2D eigenvalue weighted by Gasteiger charge is -1.91. The Balaban J connectivity index is 2.73. The van der Waals surface area contributed by atoms with Crippen LogP contribution in [0.3, 0.4) is 0 Å². The Kier molecular flexibility index (Phi) is 1.01. The number of hydrogen-bond acceptors (Lipinski definition) is 2. The van der Waals surface area contributed by atoms with E-state index in [9.17, 15) is 0 Å². The zero-order valence-electron chi connectivity index (χ0n) is 5.02. The summed E-state index contributed by atoms with van der Waals surface area (Å²) in [4.78, 5) is 0. The van der Waals surface area contributed by atoms with Crippen LogP contribution in [0.1, 0.15) is 13.8 Å². The lowest BCUT2D eigenvalue weighted by Crippen LogP contribution is -1.76. The van der Waals surface area contributed by atoms with Gasteiger partial charge in [0.25, 0.3) is 5.95 Å². The third-order valence-electron chi connectivity index (χ3n) is 1.03. The second-order valence-electron chi connectivity index (χ2n) is 1.69. The van der Waals surface area contributed by atoms with E-state index in [4.69, 9.17) is 9.47 Å². The molecular weight excluding hydrogens is 104 g/mol. The largest absolute Gasteiger partial charge is 0.428 e. The average molecular weight is 112 g/mol. The first-order chi connectivity index (χ1) is 3.70. The van der Waals surface area contributed by atoms with Gasteiger partial charge in [0, 0.05) is 0 Å². The zero-order valence-corrected chi connectivity index (χ0v) is 5.02. The molecule has 1 aliphatic rings. The molecule has 0 saturated heterocycles. The van der Waals surface area contributed by atoms with Crippen LogP contribution in [0.2, 0.25) is 0 Å². The molecule has 1 heterocycles. The van der Waals surface area contributed by atoms with Gasteiger partial charge in [0.1, 0.15) is 11.5 Å². The van der Waals surface area contributed by atoms with Gasteiger partial charge in [0.2, 0.25) is 0 Å². The predicted molar refractivity (Wildman–Crippen MR) is 29.7 cm³/mol. The van der Waals surface area contributed by atoms with Gasteiger partial charge in [-0.3, -0.25) is 0 Å². The highest BCUT2D eigenvalue weighted by Gasteiger charge is 2.11. The lowest BCUT2D eigenvalue weighted by molar-refractivity contribution is 0.181. The van der Waals surface area contributed by atoms with Gasteiger partial charge < -0.3 is 9.47 Å². The summed E-state index contributed by atoms with van der Waals surface area (Å²) in [6.07, 6.45) is 0.